The summed E-state index contributed by atoms with van der Waals surface area (Å²) in [6, 6.07) is 20.8. The maximum Gasteiger partial charge on any atom is 0.319 e. The fourth-order valence-electron chi connectivity index (χ4n) is 2.34. The van der Waals surface area contributed by atoms with Crippen LogP contribution in [0.1, 0.15) is 16.8 Å². The number of carbonyl (C=O) groups excluding carboxylic acids is 1. The molecule has 132 valence electrons. The minimum atomic E-state index is -0.232. The number of hydrogen-bond donors (Lipinski definition) is 2. The standard InChI is InChI=1S/C21H21N3O2/c1-16-5-9-18(10-6-16)24-21(25)23-14-17-7-11-20(12-8-17)26-15-19-4-2-3-13-22-19/h2-13H,14-15H2,1H3,(H2,23,24,25). The zero-order valence-electron chi connectivity index (χ0n) is 14.6. The first-order chi connectivity index (χ1) is 12.7. The summed E-state index contributed by atoms with van der Waals surface area (Å²) in [4.78, 5) is 16.2. The molecule has 0 unspecified atom stereocenters. The minimum Gasteiger partial charge on any atom is -0.487 e. The second-order valence-corrected chi connectivity index (χ2v) is 5.93. The van der Waals surface area contributed by atoms with E-state index in [4.69, 9.17) is 4.74 Å². The average Bonchev–Trinajstić information content (AvgIpc) is 2.68. The highest BCUT2D eigenvalue weighted by Crippen LogP contribution is 2.14. The third-order valence-corrected chi connectivity index (χ3v) is 3.80. The molecule has 0 spiro atoms. The van der Waals surface area contributed by atoms with Gasteiger partial charge in [0.25, 0.3) is 0 Å². The summed E-state index contributed by atoms with van der Waals surface area (Å²) in [7, 11) is 0. The van der Waals surface area contributed by atoms with Crippen molar-refractivity contribution in [2.75, 3.05) is 5.32 Å². The summed E-state index contributed by atoms with van der Waals surface area (Å²) in [5.41, 5.74) is 3.80. The van der Waals surface area contributed by atoms with Crippen LogP contribution in [0.2, 0.25) is 0 Å². The van der Waals surface area contributed by atoms with Crippen LogP contribution in [0, 0.1) is 6.92 Å². The Morgan fingerprint density at radius 3 is 2.46 bits per heavy atom. The van der Waals surface area contributed by atoms with Gasteiger partial charge in [-0.1, -0.05) is 35.9 Å². The van der Waals surface area contributed by atoms with Gasteiger partial charge in [-0.2, -0.15) is 0 Å². The van der Waals surface area contributed by atoms with Crippen LogP contribution in [0.4, 0.5) is 10.5 Å². The third-order valence-electron chi connectivity index (χ3n) is 3.80. The predicted molar refractivity (Wildman–Crippen MR) is 102 cm³/mol. The summed E-state index contributed by atoms with van der Waals surface area (Å²) >= 11 is 0. The Balaban J connectivity index is 1.45. The number of rotatable bonds is 6. The lowest BCUT2D eigenvalue weighted by molar-refractivity contribution is 0.251. The first kappa shape index (κ1) is 17.5. The molecule has 2 aromatic carbocycles. The maximum absolute atomic E-state index is 11.9. The Morgan fingerprint density at radius 1 is 1.00 bits per heavy atom. The summed E-state index contributed by atoms with van der Waals surface area (Å²) in [5, 5.41) is 5.65. The Labute approximate surface area is 153 Å². The van der Waals surface area contributed by atoms with Gasteiger partial charge in [-0.3, -0.25) is 4.98 Å². The molecular weight excluding hydrogens is 326 g/mol. The molecule has 0 radical (unpaired) electrons. The first-order valence-electron chi connectivity index (χ1n) is 8.42. The fourth-order valence-corrected chi connectivity index (χ4v) is 2.34. The van der Waals surface area contributed by atoms with Crippen molar-refractivity contribution in [3.63, 3.8) is 0 Å². The molecule has 3 aromatic rings. The number of ether oxygens (including phenoxy) is 1. The van der Waals surface area contributed by atoms with Gasteiger partial charge >= 0.3 is 6.03 Å². The van der Waals surface area contributed by atoms with Gasteiger partial charge in [-0.15, -0.1) is 0 Å². The van der Waals surface area contributed by atoms with Gasteiger partial charge in [0, 0.05) is 18.4 Å². The van der Waals surface area contributed by atoms with Gasteiger partial charge in [0.15, 0.2) is 0 Å². The molecule has 5 heteroatoms. The quantitative estimate of drug-likeness (QED) is 0.699. The number of nitrogens with one attached hydrogen (secondary N) is 2. The topological polar surface area (TPSA) is 63.2 Å². The van der Waals surface area contributed by atoms with Gasteiger partial charge in [0.05, 0.1) is 5.69 Å². The van der Waals surface area contributed by atoms with E-state index in [9.17, 15) is 4.79 Å². The van der Waals surface area contributed by atoms with E-state index in [0.717, 1.165) is 28.3 Å². The van der Waals surface area contributed by atoms with Gasteiger partial charge in [-0.05, 0) is 48.9 Å². The van der Waals surface area contributed by atoms with Crippen LogP contribution in [-0.2, 0) is 13.2 Å². The summed E-state index contributed by atoms with van der Waals surface area (Å²) < 4.78 is 5.70. The molecule has 0 atom stereocenters. The van der Waals surface area contributed by atoms with Crippen molar-refractivity contribution in [3.05, 3.63) is 89.7 Å². The van der Waals surface area contributed by atoms with Gasteiger partial charge in [-0.25, -0.2) is 4.79 Å². The number of benzene rings is 2. The lowest BCUT2D eigenvalue weighted by Gasteiger charge is -2.09. The zero-order valence-corrected chi connectivity index (χ0v) is 14.6. The number of aromatic nitrogens is 1. The largest absolute Gasteiger partial charge is 0.487 e. The molecule has 0 saturated carbocycles. The molecule has 0 bridgehead atoms. The van der Waals surface area contributed by atoms with E-state index < -0.39 is 0 Å². The number of nitrogens with zero attached hydrogens (tertiary/aromatic N) is 1. The third kappa shape index (κ3) is 5.34. The molecule has 0 aliphatic heterocycles. The molecule has 2 N–H and O–H groups in total. The molecule has 0 aliphatic rings. The van der Waals surface area contributed by atoms with Crippen LogP contribution in [-0.4, -0.2) is 11.0 Å². The van der Waals surface area contributed by atoms with Crippen LogP contribution in [0.5, 0.6) is 5.75 Å². The number of amides is 2. The second kappa shape index (κ2) is 8.67. The highest BCUT2D eigenvalue weighted by molar-refractivity contribution is 5.89. The van der Waals surface area contributed by atoms with E-state index in [1.54, 1.807) is 6.20 Å². The molecule has 0 fully saturated rings. The molecule has 0 saturated heterocycles. The molecule has 26 heavy (non-hydrogen) atoms. The van der Waals surface area contributed by atoms with E-state index in [0.29, 0.717) is 13.2 Å². The average molecular weight is 347 g/mol. The lowest BCUT2D eigenvalue weighted by Crippen LogP contribution is -2.28. The van der Waals surface area contributed by atoms with Crippen molar-refractivity contribution < 1.29 is 9.53 Å². The number of anilines is 1. The number of hydrogen-bond acceptors (Lipinski definition) is 3. The molecule has 5 nitrogen and oxygen atoms in total. The molecule has 2 amide bonds. The van der Waals surface area contributed by atoms with E-state index in [1.807, 2.05) is 73.7 Å². The van der Waals surface area contributed by atoms with Gasteiger partial charge in [0.1, 0.15) is 12.4 Å². The molecule has 1 aromatic heterocycles. The second-order valence-electron chi connectivity index (χ2n) is 5.93. The van der Waals surface area contributed by atoms with Crippen LogP contribution in [0.25, 0.3) is 0 Å². The van der Waals surface area contributed by atoms with E-state index in [-0.39, 0.29) is 6.03 Å². The monoisotopic (exact) mass is 347 g/mol. The molecular formula is C21H21N3O2. The maximum atomic E-state index is 11.9. The van der Waals surface area contributed by atoms with Crippen molar-refractivity contribution in [1.29, 1.82) is 0 Å². The van der Waals surface area contributed by atoms with E-state index in [1.165, 1.54) is 0 Å². The van der Waals surface area contributed by atoms with Gasteiger partial charge < -0.3 is 15.4 Å². The first-order valence-corrected chi connectivity index (χ1v) is 8.42. The summed E-state index contributed by atoms with van der Waals surface area (Å²) in [6.07, 6.45) is 1.75. The van der Waals surface area contributed by atoms with Crippen LogP contribution in [0.15, 0.2) is 72.9 Å². The Bertz CT molecular complexity index is 831. The van der Waals surface area contributed by atoms with Crippen molar-refractivity contribution in [2.45, 2.75) is 20.1 Å². The summed E-state index contributed by atoms with van der Waals surface area (Å²) in [5.74, 6) is 0.767. The molecule has 3 rings (SSSR count). The number of pyridine rings is 1. The summed E-state index contributed by atoms with van der Waals surface area (Å²) in [6.45, 7) is 2.88. The Hall–Kier alpha value is -3.34. The number of urea groups is 1. The van der Waals surface area contributed by atoms with Gasteiger partial charge in [0.2, 0.25) is 0 Å². The van der Waals surface area contributed by atoms with Crippen molar-refractivity contribution in [3.8, 4) is 5.75 Å². The van der Waals surface area contributed by atoms with Crippen LogP contribution in [0.3, 0.4) is 0 Å². The SMILES string of the molecule is Cc1ccc(NC(=O)NCc2ccc(OCc3ccccn3)cc2)cc1. The Kier molecular flexibility index (Phi) is 5.83. The predicted octanol–water partition coefficient (Wildman–Crippen LogP) is 4.29. The fraction of sp³-hybridized carbons (Fsp3) is 0.143. The Morgan fingerprint density at radius 2 is 1.77 bits per heavy atom. The molecule has 0 aliphatic carbocycles. The van der Waals surface area contributed by atoms with Crippen molar-refractivity contribution in [2.24, 2.45) is 0 Å². The zero-order chi connectivity index (χ0) is 18.2. The number of aryl methyl sites for hydroxylation is 1. The smallest absolute Gasteiger partial charge is 0.319 e. The minimum absolute atomic E-state index is 0.232. The number of carbonyl (C=O) groups is 1. The highest BCUT2D eigenvalue weighted by atomic mass is 16.5. The van der Waals surface area contributed by atoms with E-state index >= 15 is 0 Å². The lowest BCUT2D eigenvalue weighted by atomic mass is 10.2. The van der Waals surface area contributed by atoms with Crippen molar-refractivity contribution in [1.82, 2.24) is 10.3 Å². The molecule has 1 heterocycles. The van der Waals surface area contributed by atoms with Crippen molar-refractivity contribution >= 4 is 11.7 Å². The normalized spacial score (nSPS) is 10.2. The van der Waals surface area contributed by atoms with Crippen LogP contribution >= 0.6 is 0 Å². The van der Waals surface area contributed by atoms with E-state index in [2.05, 4.69) is 15.6 Å². The van der Waals surface area contributed by atoms with Crippen LogP contribution < -0.4 is 15.4 Å². The highest BCUT2D eigenvalue weighted by Gasteiger charge is 2.02.